The summed E-state index contributed by atoms with van der Waals surface area (Å²) < 4.78 is 0. The Morgan fingerprint density at radius 3 is 2.90 bits per heavy atom. The maximum atomic E-state index is 10.3. The van der Waals surface area contributed by atoms with Crippen LogP contribution < -0.4 is 0 Å². The lowest BCUT2D eigenvalue weighted by Gasteiger charge is -2.30. The second-order valence-corrected chi connectivity index (χ2v) is 2.92. The summed E-state index contributed by atoms with van der Waals surface area (Å²) in [5, 5.41) is 9.27. The Morgan fingerprint density at radius 2 is 2.40 bits per heavy atom. The summed E-state index contributed by atoms with van der Waals surface area (Å²) in [6, 6.07) is 0. The minimum Gasteiger partial charge on any atom is -0.391 e. The average Bonchev–Trinajstić information content (AvgIpc) is 1.88. The van der Waals surface area contributed by atoms with E-state index < -0.39 is 6.10 Å². The highest BCUT2D eigenvalue weighted by atomic mass is 16.3. The summed E-state index contributed by atoms with van der Waals surface area (Å²) in [4.78, 5) is 12.3. The van der Waals surface area contributed by atoms with Crippen molar-refractivity contribution in [2.45, 2.75) is 12.5 Å². The Labute approximate surface area is 60.6 Å². The first kappa shape index (κ1) is 7.69. The molecule has 1 heterocycles. The van der Waals surface area contributed by atoms with E-state index in [1.54, 1.807) is 0 Å². The molecule has 0 bridgehead atoms. The number of hydrogen-bond donors (Lipinski definition) is 1. The van der Waals surface area contributed by atoms with Crippen molar-refractivity contribution in [3.8, 4) is 0 Å². The normalized spacial score (nSPS) is 35.8. The summed E-state index contributed by atoms with van der Waals surface area (Å²) in [6.45, 7) is 1.55. The van der Waals surface area contributed by atoms with Gasteiger partial charge in [0.1, 0.15) is 6.29 Å². The van der Waals surface area contributed by atoms with Crippen LogP contribution in [0.4, 0.5) is 0 Å². The van der Waals surface area contributed by atoms with Crippen molar-refractivity contribution in [1.82, 2.24) is 4.90 Å². The van der Waals surface area contributed by atoms with Gasteiger partial charge in [0.05, 0.1) is 6.10 Å². The van der Waals surface area contributed by atoms with Gasteiger partial charge in [0.2, 0.25) is 0 Å². The van der Waals surface area contributed by atoms with Crippen LogP contribution in [0, 0.1) is 5.92 Å². The van der Waals surface area contributed by atoms with E-state index in [0.29, 0.717) is 6.54 Å². The largest absolute Gasteiger partial charge is 0.391 e. The van der Waals surface area contributed by atoms with Crippen LogP contribution in [0.25, 0.3) is 0 Å². The quantitative estimate of drug-likeness (QED) is 0.503. The lowest BCUT2D eigenvalue weighted by Crippen LogP contribution is -2.42. The zero-order valence-corrected chi connectivity index (χ0v) is 6.16. The fourth-order valence-corrected chi connectivity index (χ4v) is 1.27. The van der Waals surface area contributed by atoms with Gasteiger partial charge in [0.15, 0.2) is 0 Å². The molecule has 0 aromatic heterocycles. The molecule has 3 heteroatoms. The second kappa shape index (κ2) is 3.12. The van der Waals surface area contributed by atoms with Crippen LogP contribution in [0.15, 0.2) is 0 Å². The molecule has 2 atom stereocenters. The molecule has 1 saturated heterocycles. The van der Waals surface area contributed by atoms with Gasteiger partial charge in [-0.05, 0) is 20.0 Å². The summed E-state index contributed by atoms with van der Waals surface area (Å²) in [6.07, 6.45) is 1.20. The number of likely N-dealkylation sites (N-methyl/N-ethyl adjacent to an activating group) is 1. The van der Waals surface area contributed by atoms with Crippen LogP contribution in [0.1, 0.15) is 6.42 Å². The second-order valence-electron chi connectivity index (χ2n) is 2.92. The van der Waals surface area contributed by atoms with Gasteiger partial charge in [0.25, 0.3) is 0 Å². The molecule has 0 amide bonds. The van der Waals surface area contributed by atoms with Crippen molar-refractivity contribution >= 4 is 6.29 Å². The highest BCUT2D eigenvalue weighted by Crippen LogP contribution is 2.13. The fourth-order valence-electron chi connectivity index (χ4n) is 1.27. The fraction of sp³-hybridized carbons (Fsp3) is 0.857. The van der Waals surface area contributed by atoms with Crippen molar-refractivity contribution in [2.24, 2.45) is 5.92 Å². The van der Waals surface area contributed by atoms with Crippen LogP contribution in [0.5, 0.6) is 0 Å². The molecule has 0 spiro atoms. The number of β-amino-alcohol motifs (C(OH)–C–C–N with tert-alkyl or cyclic N) is 1. The predicted molar refractivity (Wildman–Crippen MR) is 37.7 cm³/mol. The van der Waals surface area contributed by atoms with E-state index in [2.05, 4.69) is 0 Å². The molecule has 0 aromatic carbocycles. The Hall–Kier alpha value is -0.410. The molecule has 1 rings (SSSR count). The third kappa shape index (κ3) is 1.55. The predicted octanol–water partition coefficient (Wildman–Crippen LogP) is -0.502. The Kier molecular flexibility index (Phi) is 2.40. The first-order valence-corrected chi connectivity index (χ1v) is 3.56. The van der Waals surface area contributed by atoms with Crippen LogP contribution >= 0.6 is 0 Å². The van der Waals surface area contributed by atoms with E-state index in [1.165, 1.54) is 0 Å². The van der Waals surface area contributed by atoms with Gasteiger partial charge >= 0.3 is 0 Å². The van der Waals surface area contributed by atoms with E-state index in [1.807, 2.05) is 11.9 Å². The number of hydrogen-bond acceptors (Lipinski definition) is 3. The van der Waals surface area contributed by atoms with E-state index >= 15 is 0 Å². The molecule has 0 saturated carbocycles. The maximum absolute atomic E-state index is 10.3. The Bertz CT molecular complexity index is 127. The summed E-state index contributed by atoms with van der Waals surface area (Å²) in [7, 11) is 1.95. The van der Waals surface area contributed by atoms with Crippen LogP contribution in [-0.2, 0) is 4.79 Å². The number of rotatable bonds is 1. The van der Waals surface area contributed by atoms with E-state index in [4.69, 9.17) is 0 Å². The van der Waals surface area contributed by atoms with Crippen molar-refractivity contribution in [3.05, 3.63) is 0 Å². The minimum atomic E-state index is -0.448. The number of aldehydes is 1. The molecular formula is C7H13NO2. The van der Waals surface area contributed by atoms with Crippen LogP contribution in [0.2, 0.25) is 0 Å². The molecule has 0 aromatic rings. The molecule has 1 N–H and O–H groups in total. The number of nitrogens with zero attached hydrogens (tertiary/aromatic N) is 1. The molecule has 2 unspecified atom stereocenters. The Balaban J connectivity index is 2.43. The molecule has 10 heavy (non-hydrogen) atoms. The van der Waals surface area contributed by atoms with Gasteiger partial charge in [-0.25, -0.2) is 0 Å². The number of aliphatic hydroxyl groups is 1. The van der Waals surface area contributed by atoms with Gasteiger partial charge in [0, 0.05) is 12.5 Å². The van der Waals surface area contributed by atoms with Gasteiger partial charge in [-0.1, -0.05) is 0 Å². The van der Waals surface area contributed by atoms with E-state index in [-0.39, 0.29) is 5.92 Å². The summed E-state index contributed by atoms with van der Waals surface area (Å²) >= 11 is 0. The number of piperidine rings is 1. The summed E-state index contributed by atoms with van der Waals surface area (Å²) in [5.41, 5.74) is 0. The smallest absolute Gasteiger partial charge is 0.125 e. The van der Waals surface area contributed by atoms with Gasteiger partial charge in [-0.15, -0.1) is 0 Å². The van der Waals surface area contributed by atoms with Crippen LogP contribution in [0.3, 0.4) is 0 Å². The molecule has 1 fully saturated rings. The van der Waals surface area contributed by atoms with Crippen molar-refractivity contribution in [3.63, 3.8) is 0 Å². The number of likely N-dealkylation sites (tertiary alicyclic amines) is 1. The third-order valence-electron chi connectivity index (χ3n) is 2.01. The minimum absolute atomic E-state index is 0.129. The average molecular weight is 143 g/mol. The van der Waals surface area contributed by atoms with Crippen molar-refractivity contribution in [1.29, 1.82) is 0 Å². The van der Waals surface area contributed by atoms with Crippen molar-refractivity contribution < 1.29 is 9.90 Å². The lowest BCUT2D eigenvalue weighted by atomic mass is 9.96. The SMILES string of the molecule is CN1CCC(C=O)C(O)C1. The molecule has 0 radical (unpaired) electrons. The maximum Gasteiger partial charge on any atom is 0.125 e. The lowest BCUT2D eigenvalue weighted by molar-refractivity contribution is -0.116. The van der Waals surface area contributed by atoms with E-state index in [0.717, 1.165) is 19.3 Å². The summed E-state index contributed by atoms with van der Waals surface area (Å²) in [5.74, 6) is -0.129. The molecule has 0 aliphatic carbocycles. The molecular weight excluding hydrogens is 130 g/mol. The van der Waals surface area contributed by atoms with Gasteiger partial charge in [-0.3, -0.25) is 0 Å². The van der Waals surface area contributed by atoms with Crippen LogP contribution in [-0.4, -0.2) is 42.5 Å². The van der Waals surface area contributed by atoms with Crippen molar-refractivity contribution in [2.75, 3.05) is 20.1 Å². The number of carbonyl (C=O) groups is 1. The Morgan fingerprint density at radius 1 is 1.70 bits per heavy atom. The van der Waals surface area contributed by atoms with Gasteiger partial charge < -0.3 is 14.8 Å². The highest BCUT2D eigenvalue weighted by molar-refractivity contribution is 5.54. The molecule has 1 aliphatic heterocycles. The monoisotopic (exact) mass is 143 g/mol. The number of carbonyl (C=O) groups excluding carboxylic acids is 1. The number of aliphatic hydroxyl groups excluding tert-OH is 1. The third-order valence-corrected chi connectivity index (χ3v) is 2.01. The molecule has 58 valence electrons. The first-order chi connectivity index (χ1) is 4.74. The first-order valence-electron chi connectivity index (χ1n) is 3.56. The standard InChI is InChI=1S/C7H13NO2/c1-8-3-2-6(5-9)7(10)4-8/h5-7,10H,2-4H2,1H3. The van der Waals surface area contributed by atoms with Gasteiger partial charge in [-0.2, -0.15) is 0 Å². The zero-order valence-electron chi connectivity index (χ0n) is 6.16. The topological polar surface area (TPSA) is 40.5 Å². The zero-order chi connectivity index (χ0) is 7.56. The molecule has 3 nitrogen and oxygen atoms in total. The molecule has 1 aliphatic rings. The highest BCUT2D eigenvalue weighted by Gasteiger charge is 2.24. The van der Waals surface area contributed by atoms with E-state index in [9.17, 15) is 9.90 Å².